The number of ether oxygens (including phenoxy) is 1. The van der Waals surface area contributed by atoms with Gasteiger partial charge in [-0.3, -0.25) is 14.3 Å². The van der Waals surface area contributed by atoms with Crippen LogP contribution in [0.25, 0.3) is 0 Å². The van der Waals surface area contributed by atoms with Gasteiger partial charge in [0.25, 0.3) is 12.0 Å². The van der Waals surface area contributed by atoms with Crippen LogP contribution in [0.4, 0.5) is 18.9 Å². The van der Waals surface area contributed by atoms with E-state index in [9.17, 15) is 18.4 Å². The van der Waals surface area contributed by atoms with Gasteiger partial charge in [0.1, 0.15) is 17.6 Å². The van der Waals surface area contributed by atoms with Gasteiger partial charge in [0, 0.05) is 24.1 Å². The van der Waals surface area contributed by atoms with Crippen molar-refractivity contribution < 1.29 is 27.5 Å². The van der Waals surface area contributed by atoms with Gasteiger partial charge < -0.3 is 15.4 Å². The third-order valence-corrected chi connectivity index (χ3v) is 10.2. The Labute approximate surface area is 264 Å². The van der Waals surface area contributed by atoms with E-state index >= 15 is 4.39 Å². The number of hydrogen-bond donors (Lipinski definition) is 2. The van der Waals surface area contributed by atoms with Crippen LogP contribution in [0.15, 0.2) is 36.6 Å². The maximum absolute atomic E-state index is 15.7. The van der Waals surface area contributed by atoms with Gasteiger partial charge in [0.15, 0.2) is 0 Å². The Morgan fingerprint density at radius 2 is 1.64 bits per heavy atom. The first-order valence-corrected chi connectivity index (χ1v) is 16.7. The molecule has 0 bridgehead atoms. The van der Waals surface area contributed by atoms with Crippen molar-refractivity contribution in [1.29, 1.82) is 0 Å². The molecule has 0 radical (unpaired) electrons. The van der Waals surface area contributed by atoms with E-state index in [1.807, 2.05) is 13.8 Å². The lowest BCUT2D eigenvalue weighted by Crippen LogP contribution is -2.53. The van der Waals surface area contributed by atoms with E-state index in [0.29, 0.717) is 16.8 Å². The van der Waals surface area contributed by atoms with Crippen LogP contribution >= 0.6 is 0 Å². The highest BCUT2D eigenvalue weighted by Crippen LogP contribution is 2.42. The van der Waals surface area contributed by atoms with Gasteiger partial charge in [0.2, 0.25) is 5.91 Å². The molecule has 246 valence electrons. The fraction of sp³-hybridized carbons (Fsp3) is 0.629. The normalized spacial score (nSPS) is 22.0. The first-order valence-electron chi connectivity index (χ1n) is 16.7. The summed E-state index contributed by atoms with van der Waals surface area (Å²) < 4.78 is 49.0. The smallest absolute Gasteiger partial charge is 0.270 e. The van der Waals surface area contributed by atoms with Crippen LogP contribution in [0.2, 0.25) is 0 Å². The minimum absolute atomic E-state index is 0.0152. The van der Waals surface area contributed by atoms with Gasteiger partial charge in [0.05, 0.1) is 18.9 Å². The number of aryl methyl sites for hydroxylation is 1. The molecule has 3 atom stereocenters. The van der Waals surface area contributed by atoms with E-state index in [0.717, 1.165) is 57.4 Å². The van der Waals surface area contributed by atoms with Crippen molar-refractivity contribution in [3.63, 3.8) is 0 Å². The van der Waals surface area contributed by atoms with Gasteiger partial charge in [-0.05, 0) is 73.9 Å². The number of amides is 2. The quantitative estimate of drug-likeness (QED) is 0.280. The first kappa shape index (κ1) is 33.2. The summed E-state index contributed by atoms with van der Waals surface area (Å²) in [7, 11) is 0. The summed E-state index contributed by atoms with van der Waals surface area (Å²) >= 11 is 0. The Hall–Kier alpha value is -3.14. The summed E-state index contributed by atoms with van der Waals surface area (Å²) in [6, 6.07) is 3.65. The summed E-state index contributed by atoms with van der Waals surface area (Å²) in [4.78, 5) is 28.1. The predicted molar refractivity (Wildman–Crippen MR) is 168 cm³/mol. The SMILES string of the molecule is Cc1cc(NC(=O)[C@@H](NC(=O)c2ccnn2C(C)C)C(C2CCCCC2)C2CCCCC2)c(F)cc1[C@@H]1COC[C@H]1C=C(F)F. The number of rotatable bonds is 10. The van der Waals surface area contributed by atoms with Crippen molar-refractivity contribution in [2.75, 3.05) is 18.5 Å². The minimum Gasteiger partial charge on any atom is -0.380 e. The molecule has 5 rings (SSSR count). The third kappa shape index (κ3) is 7.81. The van der Waals surface area contributed by atoms with Crippen LogP contribution in [-0.2, 0) is 9.53 Å². The minimum atomic E-state index is -1.78. The molecule has 2 aliphatic carbocycles. The van der Waals surface area contributed by atoms with Crippen LogP contribution in [-0.4, -0.2) is 40.9 Å². The number of nitrogens with zero attached hydrogens (tertiary/aromatic N) is 2. The highest BCUT2D eigenvalue weighted by Gasteiger charge is 2.42. The molecule has 7 nitrogen and oxygen atoms in total. The van der Waals surface area contributed by atoms with Crippen molar-refractivity contribution in [2.24, 2.45) is 23.7 Å². The van der Waals surface area contributed by atoms with Crippen molar-refractivity contribution in [3.05, 3.63) is 59.2 Å². The number of anilines is 1. The number of aromatic nitrogens is 2. The van der Waals surface area contributed by atoms with E-state index in [-0.39, 0.29) is 48.6 Å². The fourth-order valence-electron chi connectivity index (χ4n) is 8.04. The molecule has 3 aliphatic rings. The molecule has 2 heterocycles. The molecule has 1 aromatic heterocycles. The van der Waals surface area contributed by atoms with Gasteiger partial charge in [-0.25, -0.2) is 4.39 Å². The van der Waals surface area contributed by atoms with Crippen LogP contribution in [0.5, 0.6) is 0 Å². The monoisotopic (exact) mass is 628 g/mol. The van der Waals surface area contributed by atoms with E-state index in [1.165, 1.54) is 18.9 Å². The summed E-state index contributed by atoms with van der Waals surface area (Å²) in [6.45, 7) is 6.03. The predicted octanol–water partition coefficient (Wildman–Crippen LogP) is 7.94. The Morgan fingerprint density at radius 1 is 1.00 bits per heavy atom. The molecule has 0 unspecified atom stereocenters. The standard InChI is InChI=1S/C35H47F3N4O3/c1-21(2)42-30(14-15-39-42)34(43)41-33(32(23-10-6-4-7-11-23)24-12-8-5-9-13-24)35(44)40-29-16-22(3)26(18-28(29)36)27-20-45-19-25(27)17-31(37)38/h14-18,21,23-25,27,32-33H,4-13,19-20H2,1-3H3,(H,40,44)(H,41,43)/t25-,27-,33+/m1/s1. The van der Waals surface area contributed by atoms with Crippen molar-refractivity contribution in [1.82, 2.24) is 15.1 Å². The summed E-state index contributed by atoms with van der Waals surface area (Å²) in [6.07, 6.45) is 11.4. The second-order valence-corrected chi connectivity index (χ2v) is 13.5. The third-order valence-electron chi connectivity index (χ3n) is 10.2. The second-order valence-electron chi connectivity index (χ2n) is 13.5. The number of hydrogen-bond acceptors (Lipinski definition) is 4. The van der Waals surface area contributed by atoms with E-state index in [4.69, 9.17) is 4.74 Å². The maximum Gasteiger partial charge on any atom is 0.270 e. The Balaban J connectivity index is 1.46. The summed E-state index contributed by atoms with van der Waals surface area (Å²) in [5, 5.41) is 10.3. The van der Waals surface area contributed by atoms with E-state index in [2.05, 4.69) is 15.7 Å². The number of carbonyl (C=O) groups is 2. The molecule has 10 heteroatoms. The largest absolute Gasteiger partial charge is 0.380 e. The zero-order valence-corrected chi connectivity index (χ0v) is 26.7. The Morgan fingerprint density at radius 3 is 2.24 bits per heavy atom. The van der Waals surface area contributed by atoms with Crippen molar-refractivity contribution in [3.8, 4) is 0 Å². The topological polar surface area (TPSA) is 85.3 Å². The molecule has 1 aliphatic heterocycles. The molecule has 1 aromatic carbocycles. The molecule has 0 spiro atoms. The molecule has 3 fully saturated rings. The zero-order valence-electron chi connectivity index (χ0n) is 26.7. The van der Waals surface area contributed by atoms with Crippen LogP contribution in [0.1, 0.15) is 112 Å². The molecule has 45 heavy (non-hydrogen) atoms. The second kappa shape index (κ2) is 15.0. The van der Waals surface area contributed by atoms with Gasteiger partial charge in [-0.15, -0.1) is 0 Å². The number of nitrogens with one attached hydrogen (secondary N) is 2. The Kier molecular flexibility index (Phi) is 11.1. The molecule has 1 saturated heterocycles. The average molecular weight is 629 g/mol. The zero-order chi connectivity index (χ0) is 32.1. The fourth-order valence-corrected chi connectivity index (χ4v) is 8.04. The molecule has 2 saturated carbocycles. The molecular formula is C35H47F3N4O3. The number of halogens is 3. The highest BCUT2D eigenvalue weighted by atomic mass is 19.3. The summed E-state index contributed by atoms with van der Waals surface area (Å²) in [5.74, 6) is -1.93. The van der Waals surface area contributed by atoms with Gasteiger partial charge in [-0.2, -0.15) is 13.9 Å². The van der Waals surface area contributed by atoms with Crippen molar-refractivity contribution >= 4 is 17.5 Å². The number of carbonyl (C=O) groups excluding carboxylic acids is 2. The first-order chi connectivity index (χ1) is 21.6. The number of benzene rings is 1. The molecule has 2 N–H and O–H groups in total. The van der Waals surface area contributed by atoms with Gasteiger partial charge >= 0.3 is 0 Å². The average Bonchev–Trinajstić information content (AvgIpc) is 3.70. The highest BCUT2D eigenvalue weighted by molar-refractivity contribution is 6.01. The molecule has 2 aromatic rings. The lowest BCUT2D eigenvalue weighted by molar-refractivity contribution is -0.121. The van der Waals surface area contributed by atoms with Crippen LogP contribution < -0.4 is 10.6 Å². The Bertz CT molecular complexity index is 1340. The maximum atomic E-state index is 15.7. The molecule has 2 amide bonds. The van der Waals surface area contributed by atoms with E-state index in [1.54, 1.807) is 29.9 Å². The lowest BCUT2D eigenvalue weighted by atomic mass is 9.66. The van der Waals surface area contributed by atoms with Crippen molar-refractivity contribution in [2.45, 2.75) is 103 Å². The van der Waals surface area contributed by atoms with E-state index < -0.39 is 35.7 Å². The summed E-state index contributed by atoms with van der Waals surface area (Å²) in [5.41, 5.74) is 1.66. The van der Waals surface area contributed by atoms with Gasteiger partial charge in [-0.1, -0.05) is 64.2 Å². The van der Waals surface area contributed by atoms with Crippen LogP contribution in [0.3, 0.4) is 0 Å². The molecular weight excluding hydrogens is 581 g/mol. The lowest BCUT2D eigenvalue weighted by Gasteiger charge is -2.42. The van der Waals surface area contributed by atoms with Crippen LogP contribution in [0, 0.1) is 36.4 Å².